The molecule has 0 aromatic carbocycles. The molecular weight excluding hydrogens is 206 g/mol. The summed E-state index contributed by atoms with van der Waals surface area (Å²) in [5.74, 6) is -0.786. The molecule has 2 N–H and O–H groups in total. The van der Waals surface area contributed by atoms with Crippen molar-refractivity contribution in [2.75, 3.05) is 13.6 Å². The van der Waals surface area contributed by atoms with Gasteiger partial charge in [-0.1, -0.05) is 26.2 Å². The van der Waals surface area contributed by atoms with Gasteiger partial charge < -0.3 is 10.2 Å². The fourth-order valence-electron chi connectivity index (χ4n) is 2.57. The summed E-state index contributed by atoms with van der Waals surface area (Å²) >= 11 is 0. The van der Waals surface area contributed by atoms with Gasteiger partial charge in [-0.25, -0.2) is 0 Å². The minimum atomic E-state index is -0.786. The van der Waals surface area contributed by atoms with Crippen molar-refractivity contribution in [3.8, 4) is 0 Å². The summed E-state index contributed by atoms with van der Waals surface area (Å²) in [6, 6.07) is -0.463. The monoisotopic (exact) mass is 229 g/mol. The van der Waals surface area contributed by atoms with Crippen molar-refractivity contribution in [1.29, 1.82) is 0 Å². The van der Waals surface area contributed by atoms with Crippen LogP contribution in [0.15, 0.2) is 0 Å². The average molecular weight is 229 g/mol. The van der Waals surface area contributed by atoms with E-state index in [2.05, 4.69) is 0 Å². The van der Waals surface area contributed by atoms with Gasteiger partial charge in [0.05, 0.1) is 5.60 Å². The van der Waals surface area contributed by atoms with Crippen molar-refractivity contribution in [3.05, 3.63) is 0 Å². The van der Waals surface area contributed by atoms with E-state index in [4.69, 9.17) is 5.11 Å². The van der Waals surface area contributed by atoms with Gasteiger partial charge in [-0.15, -0.1) is 0 Å². The summed E-state index contributed by atoms with van der Waals surface area (Å²) in [4.78, 5) is 12.9. The summed E-state index contributed by atoms with van der Waals surface area (Å²) in [6.45, 7) is 2.46. The maximum Gasteiger partial charge on any atom is 0.320 e. The molecule has 0 aromatic heterocycles. The van der Waals surface area contributed by atoms with Crippen LogP contribution in [0.1, 0.15) is 45.4 Å². The fraction of sp³-hybridized carbons (Fsp3) is 0.917. The molecule has 0 amide bonds. The molecule has 0 spiro atoms. The molecule has 4 nitrogen and oxygen atoms in total. The third-order valence-corrected chi connectivity index (χ3v) is 3.46. The van der Waals surface area contributed by atoms with Crippen LogP contribution >= 0.6 is 0 Å². The molecular formula is C12H23NO3. The third kappa shape index (κ3) is 3.46. The molecule has 0 radical (unpaired) electrons. The predicted octanol–water partition coefficient (Wildman–Crippen LogP) is 1.48. The van der Waals surface area contributed by atoms with Gasteiger partial charge in [0.25, 0.3) is 0 Å². The van der Waals surface area contributed by atoms with Gasteiger partial charge in [-0.3, -0.25) is 9.69 Å². The van der Waals surface area contributed by atoms with E-state index in [1.165, 1.54) is 0 Å². The molecule has 1 fully saturated rings. The number of aliphatic carboxylic acids is 1. The van der Waals surface area contributed by atoms with E-state index in [1.54, 1.807) is 11.9 Å². The van der Waals surface area contributed by atoms with Crippen molar-refractivity contribution in [1.82, 2.24) is 4.90 Å². The number of hydrogen-bond donors (Lipinski definition) is 2. The summed E-state index contributed by atoms with van der Waals surface area (Å²) in [7, 11) is 1.80. The van der Waals surface area contributed by atoms with Gasteiger partial charge in [-0.2, -0.15) is 0 Å². The van der Waals surface area contributed by atoms with Gasteiger partial charge in [0.1, 0.15) is 6.04 Å². The third-order valence-electron chi connectivity index (χ3n) is 3.46. The van der Waals surface area contributed by atoms with Crippen LogP contribution in [0, 0.1) is 0 Å². The SMILES string of the molecule is CCCC(C(=O)O)N(C)CC1(O)CCCC1. The van der Waals surface area contributed by atoms with Crippen molar-refractivity contribution in [2.45, 2.75) is 57.1 Å². The lowest BCUT2D eigenvalue weighted by Gasteiger charge is -2.32. The second-order valence-electron chi connectivity index (χ2n) is 4.99. The molecule has 1 saturated carbocycles. The lowest BCUT2D eigenvalue weighted by Crippen LogP contribution is -2.47. The number of likely N-dealkylation sites (N-methyl/N-ethyl adjacent to an activating group) is 1. The summed E-state index contributed by atoms with van der Waals surface area (Å²) < 4.78 is 0. The number of carboxylic acid groups (broad SMARTS) is 1. The number of aliphatic hydroxyl groups is 1. The van der Waals surface area contributed by atoms with E-state index in [9.17, 15) is 9.90 Å². The number of rotatable bonds is 6. The van der Waals surface area contributed by atoms with Crippen molar-refractivity contribution in [2.24, 2.45) is 0 Å². The summed E-state index contributed by atoms with van der Waals surface area (Å²) in [5.41, 5.74) is -0.657. The second kappa shape index (κ2) is 5.64. The highest BCUT2D eigenvalue weighted by atomic mass is 16.4. The molecule has 0 saturated heterocycles. The summed E-state index contributed by atoms with van der Waals surface area (Å²) in [6.07, 6.45) is 5.19. The molecule has 16 heavy (non-hydrogen) atoms. The first kappa shape index (κ1) is 13.5. The molecule has 1 rings (SSSR count). The highest BCUT2D eigenvalue weighted by Crippen LogP contribution is 2.30. The van der Waals surface area contributed by atoms with Gasteiger partial charge in [-0.05, 0) is 26.3 Å². The van der Waals surface area contributed by atoms with E-state index in [0.717, 1.165) is 32.1 Å². The highest BCUT2D eigenvalue weighted by Gasteiger charge is 2.35. The van der Waals surface area contributed by atoms with Crippen LogP contribution in [-0.2, 0) is 4.79 Å². The Morgan fingerprint density at radius 1 is 1.44 bits per heavy atom. The largest absolute Gasteiger partial charge is 0.480 e. The van der Waals surface area contributed by atoms with E-state index in [1.807, 2.05) is 6.92 Å². The molecule has 0 bridgehead atoms. The van der Waals surface area contributed by atoms with Crippen LogP contribution < -0.4 is 0 Å². The lowest BCUT2D eigenvalue weighted by atomic mass is 10.0. The zero-order valence-electron chi connectivity index (χ0n) is 10.3. The first-order valence-corrected chi connectivity index (χ1v) is 6.14. The Kier molecular flexibility index (Phi) is 4.74. The Balaban J connectivity index is 2.53. The van der Waals surface area contributed by atoms with Crippen LogP contribution in [0.3, 0.4) is 0 Å². The molecule has 1 aliphatic carbocycles. The normalized spacial score (nSPS) is 21.2. The number of carbonyl (C=O) groups is 1. The van der Waals surface area contributed by atoms with Gasteiger partial charge in [0.2, 0.25) is 0 Å². The van der Waals surface area contributed by atoms with Crippen LogP contribution in [-0.4, -0.2) is 46.3 Å². The summed E-state index contributed by atoms with van der Waals surface area (Å²) in [5, 5.41) is 19.3. The lowest BCUT2D eigenvalue weighted by molar-refractivity contribution is -0.144. The Bertz CT molecular complexity index is 236. The second-order valence-corrected chi connectivity index (χ2v) is 4.99. The van der Waals surface area contributed by atoms with E-state index >= 15 is 0 Å². The molecule has 1 unspecified atom stereocenters. The van der Waals surface area contributed by atoms with E-state index in [-0.39, 0.29) is 0 Å². The van der Waals surface area contributed by atoms with Crippen molar-refractivity contribution in [3.63, 3.8) is 0 Å². The average Bonchev–Trinajstić information content (AvgIpc) is 2.60. The smallest absolute Gasteiger partial charge is 0.320 e. The number of nitrogens with zero attached hydrogens (tertiary/aromatic N) is 1. The molecule has 0 heterocycles. The Labute approximate surface area is 97.3 Å². The molecule has 1 atom stereocenters. The van der Waals surface area contributed by atoms with Crippen LogP contribution in [0.25, 0.3) is 0 Å². The van der Waals surface area contributed by atoms with Gasteiger partial charge in [0, 0.05) is 6.54 Å². The molecule has 0 aliphatic heterocycles. The molecule has 94 valence electrons. The highest BCUT2D eigenvalue weighted by molar-refractivity contribution is 5.73. The quantitative estimate of drug-likeness (QED) is 0.724. The number of hydrogen-bond acceptors (Lipinski definition) is 3. The Morgan fingerprint density at radius 2 is 2.00 bits per heavy atom. The van der Waals surface area contributed by atoms with Crippen LogP contribution in [0.2, 0.25) is 0 Å². The van der Waals surface area contributed by atoms with Crippen molar-refractivity contribution >= 4 is 5.97 Å². The predicted molar refractivity (Wildman–Crippen MR) is 62.4 cm³/mol. The first-order valence-electron chi connectivity index (χ1n) is 6.14. The maximum atomic E-state index is 11.1. The maximum absolute atomic E-state index is 11.1. The Morgan fingerprint density at radius 3 is 2.44 bits per heavy atom. The number of carboxylic acids is 1. The minimum Gasteiger partial charge on any atom is -0.480 e. The first-order chi connectivity index (χ1) is 7.48. The van der Waals surface area contributed by atoms with E-state index < -0.39 is 17.6 Å². The van der Waals surface area contributed by atoms with Crippen LogP contribution in [0.5, 0.6) is 0 Å². The van der Waals surface area contributed by atoms with Crippen molar-refractivity contribution < 1.29 is 15.0 Å². The van der Waals surface area contributed by atoms with Gasteiger partial charge in [0.15, 0.2) is 0 Å². The zero-order chi connectivity index (χ0) is 12.2. The van der Waals surface area contributed by atoms with Crippen LogP contribution in [0.4, 0.5) is 0 Å². The van der Waals surface area contributed by atoms with E-state index in [0.29, 0.717) is 13.0 Å². The molecule has 1 aliphatic rings. The zero-order valence-corrected chi connectivity index (χ0v) is 10.3. The molecule has 4 heteroatoms. The standard InChI is InChI=1S/C12H23NO3/c1-3-6-10(11(14)15)13(2)9-12(16)7-4-5-8-12/h10,16H,3-9H2,1-2H3,(H,14,15). The fourth-order valence-corrected chi connectivity index (χ4v) is 2.57. The molecule has 0 aromatic rings. The topological polar surface area (TPSA) is 60.8 Å². The van der Waals surface area contributed by atoms with Gasteiger partial charge >= 0.3 is 5.97 Å². The Hall–Kier alpha value is -0.610. The minimum absolute atomic E-state index is 0.463.